The molecule has 0 fully saturated rings. The summed E-state index contributed by atoms with van der Waals surface area (Å²) >= 11 is 0. The van der Waals surface area contributed by atoms with Gasteiger partial charge in [0.15, 0.2) is 0 Å². The lowest BCUT2D eigenvalue weighted by molar-refractivity contribution is 0.602. The number of unbranched alkanes of at least 4 members (excludes halogenated alkanes) is 8. The van der Waals surface area contributed by atoms with Gasteiger partial charge >= 0.3 is 0 Å². The van der Waals surface area contributed by atoms with Crippen LogP contribution in [0.2, 0.25) is 0 Å². The third kappa shape index (κ3) is 37.0. The highest BCUT2D eigenvalue weighted by molar-refractivity contribution is 4.41. The van der Waals surface area contributed by atoms with Crippen LogP contribution in [-0.4, -0.2) is 0 Å². The lowest BCUT2D eigenvalue weighted by Crippen LogP contribution is -1.76. The molecular weight excluding hydrogens is 192 g/mol. The van der Waals surface area contributed by atoms with Gasteiger partial charge in [0.25, 0.3) is 0 Å². The number of hydrogen-bond donors (Lipinski definition) is 0. The van der Waals surface area contributed by atoms with Crippen molar-refractivity contribution in [3.8, 4) is 0 Å². The van der Waals surface area contributed by atoms with E-state index in [9.17, 15) is 0 Å². The summed E-state index contributed by atoms with van der Waals surface area (Å²) in [6.07, 6.45) is 14.0. The Kier molecular flexibility index (Phi) is 39.1. The first-order valence-corrected chi connectivity index (χ1v) is 7.83. The van der Waals surface area contributed by atoms with Gasteiger partial charge in [0.05, 0.1) is 0 Å². The molecule has 0 aliphatic carbocycles. The van der Waals surface area contributed by atoms with Crippen molar-refractivity contribution in [2.75, 3.05) is 0 Å². The fourth-order valence-electron chi connectivity index (χ4n) is 1.38. The van der Waals surface area contributed by atoms with Crippen molar-refractivity contribution in [3.63, 3.8) is 0 Å². The molecule has 0 saturated heterocycles. The summed E-state index contributed by atoms with van der Waals surface area (Å²) in [7, 11) is 0. The maximum Gasteiger partial charge on any atom is -0.0533 e. The third-order valence-electron chi connectivity index (χ3n) is 2.41. The highest BCUT2D eigenvalue weighted by atomic mass is 13.9. The maximum absolute atomic E-state index is 2.26. The summed E-state index contributed by atoms with van der Waals surface area (Å²) in [5.41, 5.74) is 0. The minimum atomic E-state index is 1.34. The summed E-state index contributed by atoms with van der Waals surface area (Å²) < 4.78 is 0. The summed E-state index contributed by atoms with van der Waals surface area (Å²) in [4.78, 5) is 0. The Morgan fingerprint density at radius 2 is 0.625 bits per heavy atom. The molecule has 0 rings (SSSR count). The molecule has 0 aliphatic rings. The van der Waals surface area contributed by atoms with Gasteiger partial charge in [0.2, 0.25) is 0 Å². The van der Waals surface area contributed by atoms with Crippen molar-refractivity contribution in [1.29, 1.82) is 0 Å². The molecule has 0 nitrogen and oxygen atoms in total. The fourth-order valence-corrected chi connectivity index (χ4v) is 1.38. The largest absolute Gasteiger partial charge is 0.0683 e. The second-order valence-electron chi connectivity index (χ2n) is 4.12. The van der Waals surface area contributed by atoms with Gasteiger partial charge in [-0.3, -0.25) is 0 Å². The van der Waals surface area contributed by atoms with Crippen molar-refractivity contribution in [3.05, 3.63) is 0 Å². The van der Waals surface area contributed by atoms with Crippen molar-refractivity contribution in [2.24, 2.45) is 0 Å². The van der Waals surface area contributed by atoms with Crippen LogP contribution in [-0.2, 0) is 0 Å². The van der Waals surface area contributed by atoms with Crippen LogP contribution in [0.1, 0.15) is 106 Å². The minimum Gasteiger partial charge on any atom is -0.0683 e. The van der Waals surface area contributed by atoms with Gasteiger partial charge in [-0.15, -0.1) is 0 Å². The molecule has 0 N–H and O–H groups in total. The molecular formula is C16H38. The molecule has 0 spiro atoms. The molecule has 0 aromatic rings. The first kappa shape index (κ1) is 21.3. The van der Waals surface area contributed by atoms with Gasteiger partial charge in [-0.2, -0.15) is 0 Å². The van der Waals surface area contributed by atoms with E-state index in [4.69, 9.17) is 0 Å². The van der Waals surface area contributed by atoms with E-state index in [1.165, 1.54) is 64.2 Å². The van der Waals surface area contributed by atoms with Crippen LogP contribution in [0.4, 0.5) is 0 Å². The molecule has 0 aromatic carbocycles. The van der Waals surface area contributed by atoms with Gasteiger partial charge in [-0.25, -0.2) is 0 Å². The van der Waals surface area contributed by atoms with Crippen molar-refractivity contribution >= 4 is 0 Å². The van der Waals surface area contributed by atoms with Gasteiger partial charge in [-0.1, -0.05) is 106 Å². The minimum absolute atomic E-state index is 1.34. The highest BCUT2D eigenvalue weighted by Gasteiger charge is 1.85. The smallest absolute Gasteiger partial charge is 0.0533 e. The Hall–Kier alpha value is 0. The van der Waals surface area contributed by atoms with Crippen LogP contribution in [0, 0.1) is 0 Å². The predicted octanol–water partition coefficient (Wildman–Crippen LogP) is 6.98. The Bertz CT molecular complexity index is 58.4. The molecule has 0 heterocycles. The number of rotatable bonds is 8. The molecule has 102 valence electrons. The average Bonchev–Trinajstić information content (AvgIpc) is 2.33. The summed E-state index contributed by atoms with van der Waals surface area (Å²) in [6.45, 7) is 13.0. The maximum atomic E-state index is 2.26. The average molecular weight is 230 g/mol. The molecule has 0 saturated carbocycles. The van der Waals surface area contributed by atoms with Crippen molar-refractivity contribution < 1.29 is 0 Å². The number of hydrogen-bond acceptors (Lipinski definition) is 0. The Morgan fingerprint density at radius 1 is 0.375 bits per heavy atom. The SMILES string of the molecule is CC.CCCCC.CCCCCCCCC. The van der Waals surface area contributed by atoms with E-state index in [1.807, 2.05) is 13.8 Å². The van der Waals surface area contributed by atoms with Crippen LogP contribution in [0.3, 0.4) is 0 Å². The molecule has 0 heteroatoms. The van der Waals surface area contributed by atoms with Crippen LogP contribution in [0.15, 0.2) is 0 Å². The van der Waals surface area contributed by atoms with E-state index in [-0.39, 0.29) is 0 Å². The van der Waals surface area contributed by atoms with E-state index < -0.39 is 0 Å². The van der Waals surface area contributed by atoms with E-state index in [1.54, 1.807) is 0 Å². The van der Waals surface area contributed by atoms with Gasteiger partial charge in [0.1, 0.15) is 0 Å². The highest BCUT2D eigenvalue weighted by Crippen LogP contribution is 2.05. The fraction of sp³-hybridized carbons (Fsp3) is 1.00. The molecule has 0 radical (unpaired) electrons. The standard InChI is InChI=1S/C9H20.C5H12.C2H6/c1-3-5-7-9-8-6-4-2;1-3-5-4-2;1-2/h3-9H2,1-2H3;3-5H2,1-2H3;1-2H3. The monoisotopic (exact) mass is 230 g/mol. The van der Waals surface area contributed by atoms with Crippen LogP contribution in [0.5, 0.6) is 0 Å². The molecule has 0 amide bonds. The third-order valence-corrected chi connectivity index (χ3v) is 2.41. The molecule has 0 aliphatic heterocycles. The second kappa shape index (κ2) is 29.4. The Morgan fingerprint density at radius 3 is 0.812 bits per heavy atom. The molecule has 0 unspecified atom stereocenters. The van der Waals surface area contributed by atoms with E-state index in [0.29, 0.717) is 0 Å². The molecule has 0 atom stereocenters. The molecule has 0 aromatic heterocycles. The summed E-state index contributed by atoms with van der Waals surface area (Å²) in [6, 6.07) is 0. The van der Waals surface area contributed by atoms with Crippen LogP contribution in [0.25, 0.3) is 0 Å². The lowest BCUT2D eigenvalue weighted by Gasteiger charge is -1.96. The normalized spacial score (nSPS) is 8.62. The zero-order valence-corrected chi connectivity index (χ0v) is 13.1. The first-order valence-electron chi connectivity index (χ1n) is 7.83. The van der Waals surface area contributed by atoms with Gasteiger partial charge in [0, 0.05) is 0 Å². The van der Waals surface area contributed by atoms with Crippen LogP contribution < -0.4 is 0 Å². The lowest BCUT2D eigenvalue weighted by atomic mass is 10.1. The zero-order valence-electron chi connectivity index (χ0n) is 13.1. The zero-order chi connectivity index (χ0) is 13.1. The van der Waals surface area contributed by atoms with Crippen molar-refractivity contribution in [1.82, 2.24) is 0 Å². The summed E-state index contributed by atoms with van der Waals surface area (Å²) in [5.74, 6) is 0. The van der Waals surface area contributed by atoms with Gasteiger partial charge in [-0.05, 0) is 0 Å². The van der Waals surface area contributed by atoms with E-state index in [2.05, 4.69) is 27.7 Å². The second-order valence-corrected chi connectivity index (χ2v) is 4.12. The Labute approximate surface area is 106 Å². The molecule has 0 bridgehead atoms. The van der Waals surface area contributed by atoms with Crippen molar-refractivity contribution in [2.45, 2.75) is 106 Å². The van der Waals surface area contributed by atoms with Crippen LogP contribution >= 0.6 is 0 Å². The van der Waals surface area contributed by atoms with E-state index >= 15 is 0 Å². The van der Waals surface area contributed by atoms with E-state index in [0.717, 1.165) is 0 Å². The topological polar surface area (TPSA) is 0 Å². The summed E-state index contributed by atoms with van der Waals surface area (Å²) in [5, 5.41) is 0. The first-order chi connectivity index (χ1) is 7.83. The quantitative estimate of drug-likeness (QED) is 0.395. The predicted molar refractivity (Wildman–Crippen MR) is 80.2 cm³/mol. The molecule has 16 heavy (non-hydrogen) atoms. The Balaban J connectivity index is -0.000000205. The van der Waals surface area contributed by atoms with Gasteiger partial charge < -0.3 is 0 Å².